The molecule has 0 bridgehead atoms. The highest BCUT2D eigenvalue weighted by Gasteiger charge is 2.09. The van der Waals surface area contributed by atoms with Crippen molar-refractivity contribution in [2.75, 3.05) is 0 Å². The Bertz CT molecular complexity index is 1320. The van der Waals surface area contributed by atoms with Gasteiger partial charge >= 0.3 is 5.69 Å². The van der Waals surface area contributed by atoms with E-state index in [1.165, 1.54) is 0 Å². The molecule has 6 nitrogen and oxygen atoms in total. The van der Waals surface area contributed by atoms with Gasteiger partial charge in [0.25, 0.3) is 11.5 Å². The van der Waals surface area contributed by atoms with Crippen LogP contribution in [0.5, 0.6) is 0 Å². The highest BCUT2D eigenvalue weighted by Crippen LogP contribution is 2.10. The third-order valence-electron chi connectivity index (χ3n) is 4.81. The first kappa shape index (κ1) is 19.7. The lowest BCUT2D eigenvalue weighted by Gasteiger charge is -2.08. The molecule has 1 heterocycles. The van der Waals surface area contributed by atoms with Crippen molar-refractivity contribution in [2.24, 2.45) is 0 Å². The van der Waals surface area contributed by atoms with Crippen molar-refractivity contribution in [3.05, 3.63) is 115 Å². The number of nitrogens with one attached hydrogen (secondary N) is 2. The summed E-state index contributed by atoms with van der Waals surface area (Å²) < 4.78 is 1.15. The molecule has 1 amide bonds. The Balaban J connectivity index is 1.48. The lowest BCUT2D eigenvalue weighted by Crippen LogP contribution is -2.35. The Kier molecular flexibility index (Phi) is 5.50. The summed E-state index contributed by atoms with van der Waals surface area (Å²) in [4.78, 5) is 40.0. The molecular weight excluding hydrogens is 402 g/mol. The van der Waals surface area contributed by atoms with Crippen LogP contribution in [0.1, 0.15) is 21.5 Å². The van der Waals surface area contributed by atoms with Gasteiger partial charge in [0.2, 0.25) is 0 Å². The van der Waals surface area contributed by atoms with Crippen LogP contribution in [0.25, 0.3) is 10.9 Å². The monoisotopic (exact) mass is 419 g/mol. The van der Waals surface area contributed by atoms with Crippen molar-refractivity contribution < 1.29 is 4.79 Å². The van der Waals surface area contributed by atoms with Crippen LogP contribution in [0.15, 0.2) is 82.4 Å². The zero-order valence-electron chi connectivity index (χ0n) is 15.9. The molecule has 1 aromatic heterocycles. The minimum atomic E-state index is -0.469. The van der Waals surface area contributed by atoms with Gasteiger partial charge in [0.05, 0.1) is 17.4 Å². The number of carbonyl (C=O) groups excluding carboxylic acids is 1. The molecule has 0 saturated carbocycles. The fraction of sp³-hybridized carbons (Fsp3) is 0.0870. The standard InChI is InChI=1S/C23H18ClN3O3/c24-18-11-7-15(8-12-18)13-25-21(28)17-9-5-16(6-10-17)14-27-22(29)19-3-1-2-4-20(19)26-23(27)30/h1-12H,13-14H2,(H,25,28)(H,26,30). The number of benzene rings is 3. The first-order valence-electron chi connectivity index (χ1n) is 9.35. The molecule has 0 aliphatic carbocycles. The SMILES string of the molecule is O=C(NCc1ccc(Cl)cc1)c1ccc(Cn2c(=O)[nH]c3ccccc3c2=O)cc1. The summed E-state index contributed by atoms with van der Waals surface area (Å²) in [6, 6.07) is 21.0. The highest BCUT2D eigenvalue weighted by atomic mass is 35.5. The molecule has 30 heavy (non-hydrogen) atoms. The summed E-state index contributed by atoms with van der Waals surface area (Å²) in [5.41, 5.74) is 1.87. The number of fused-ring (bicyclic) bond motifs is 1. The van der Waals surface area contributed by atoms with Crippen molar-refractivity contribution in [3.63, 3.8) is 0 Å². The zero-order valence-corrected chi connectivity index (χ0v) is 16.6. The normalized spacial score (nSPS) is 10.8. The van der Waals surface area contributed by atoms with Gasteiger partial charge in [-0.05, 0) is 47.5 Å². The molecule has 0 atom stereocenters. The molecule has 4 rings (SSSR count). The predicted molar refractivity (Wildman–Crippen MR) is 117 cm³/mol. The number of carbonyl (C=O) groups is 1. The van der Waals surface area contributed by atoms with Crippen LogP contribution in [-0.2, 0) is 13.1 Å². The van der Waals surface area contributed by atoms with Gasteiger partial charge in [0, 0.05) is 17.1 Å². The number of aromatic amines is 1. The topological polar surface area (TPSA) is 84.0 Å². The molecule has 0 aliphatic rings. The van der Waals surface area contributed by atoms with Gasteiger partial charge in [0.1, 0.15) is 0 Å². The van der Waals surface area contributed by atoms with Gasteiger partial charge < -0.3 is 10.3 Å². The van der Waals surface area contributed by atoms with E-state index in [0.29, 0.717) is 28.0 Å². The maximum absolute atomic E-state index is 12.6. The van der Waals surface area contributed by atoms with E-state index in [2.05, 4.69) is 10.3 Å². The minimum Gasteiger partial charge on any atom is -0.348 e. The van der Waals surface area contributed by atoms with Crippen LogP contribution < -0.4 is 16.6 Å². The summed E-state index contributed by atoms with van der Waals surface area (Å²) >= 11 is 5.86. The second-order valence-electron chi connectivity index (χ2n) is 6.87. The number of para-hydroxylation sites is 1. The number of rotatable bonds is 5. The van der Waals surface area contributed by atoms with Gasteiger partial charge in [-0.15, -0.1) is 0 Å². The Labute approximate surface area is 176 Å². The van der Waals surface area contributed by atoms with Gasteiger partial charge in [-0.25, -0.2) is 4.79 Å². The lowest BCUT2D eigenvalue weighted by molar-refractivity contribution is 0.0951. The molecule has 0 saturated heterocycles. The van der Waals surface area contributed by atoms with Crippen molar-refractivity contribution >= 4 is 28.4 Å². The fourth-order valence-electron chi connectivity index (χ4n) is 3.17. The summed E-state index contributed by atoms with van der Waals surface area (Å²) in [6.07, 6.45) is 0. The average molecular weight is 420 g/mol. The molecule has 0 aliphatic heterocycles. The molecule has 4 aromatic rings. The maximum Gasteiger partial charge on any atom is 0.329 e. The van der Waals surface area contributed by atoms with Crippen LogP contribution >= 0.6 is 11.6 Å². The highest BCUT2D eigenvalue weighted by molar-refractivity contribution is 6.30. The third-order valence-corrected chi connectivity index (χ3v) is 5.06. The van der Waals surface area contributed by atoms with Crippen LogP contribution in [-0.4, -0.2) is 15.5 Å². The Hall–Kier alpha value is -3.64. The van der Waals surface area contributed by atoms with Gasteiger partial charge in [-0.2, -0.15) is 0 Å². The van der Waals surface area contributed by atoms with E-state index in [9.17, 15) is 14.4 Å². The van der Waals surface area contributed by atoms with Crippen LogP contribution in [0, 0.1) is 0 Å². The fourth-order valence-corrected chi connectivity index (χ4v) is 3.30. The van der Waals surface area contributed by atoms with Crippen molar-refractivity contribution in [3.8, 4) is 0 Å². The number of amides is 1. The van der Waals surface area contributed by atoms with E-state index in [1.807, 2.05) is 12.1 Å². The minimum absolute atomic E-state index is 0.117. The van der Waals surface area contributed by atoms with E-state index in [-0.39, 0.29) is 18.0 Å². The molecule has 0 unspecified atom stereocenters. The Morgan fingerprint density at radius 2 is 1.57 bits per heavy atom. The van der Waals surface area contributed by atoms with Gasteiger partial charge in [-0.1, -0.05) is 48.0 Å². The van der Waals surface area contributed by atoms with Crippen LogP contribution in [0.4, 0.5) is 0 Å². The molecule has 3 aromatic carbocycles. The quantitative estimate of drug-likeness (QED) is 0.520. The van der Waals surface area contributed by atoms with Crippen LogP contribution in [0.2, 0.25) is 5.02 Å². The summed E-state index contributed by atoms with van der Waals surface area (Å²) in [6.45, 7) is 0.505. The second-order valence-corrected chi connectivity index (χ2v) is 7.31. The molecule has 0 fully saturated rings. The van der Waals surface area contributed by atoms with Crippen LogP contribution in [0.3, 0.4) is 0 Å². The summed E-state index contributed by atoms with van der Waals surface area (Å²) in [5.74, 6) is -0.211. The number of nitrogens with zero attached hydrogens (tertiary/aromatic N) is 1. The van der Waals surface area contributed by atoms with Crippen molar-refractivity contribution in [2.45, 2.75) is 13.1 Å². The lowest BCUT2D eigenvalue weighted by atomic mass is 10.1. The van der Waals surface area contributed by atoms with Gasteiger partial charge in [0.15, 0.2) is 0 Å². The third kappa shape index (κ3) is 4.18. The van der Waals surface area contributed by atoms with E-state index in [0.717, 1.165) is 15.7 Å². The Morgan fingerprint density at radius 1 is 0.900 bits per heavy atom. The first-order valence-corrected chi connectivity index (χ1v) is 9.72. The smallest absolute Gasteiger partial charge is 0.329 e. The molecule has 7 heteroatoms. The Morgan fingerprint density at radius 3 is 2.30 bits per heavy atom. The summed E-state index contributed by atoms with van der Waals surface area (Å²) in [5, 5.41) is 3.95. The predicted octanol–water partition coefficient (Wildman–Crippen LogP) is 3.32. The number of hydrogen-bond donors (Lipinski definition) is 2. The van der Waals surface area contributed by atoms with E-state index < -0.39 is 5.69 Å². The molecular formula is C23H18ClN3O3. The van der Waals surface area contributed by atoms with Gasteiger partial charge in [-0.3, -0.25) is 14.2 Å². The van der Waals surface area contributed by atoms with E-state index >= 15 is 0 Å². The number of aromatic nitrogens is 2. The van der Waals surface area contributed by atoms with E-state index in [4.69, 9.17) is 11.6 Å². The molecule has 0 spiro atoms. The largest absolute Gasteiger partial charge is 0.348 e. The number of hydrogen-bond acceptors (Lipinski definition) is 3. The second kappa shape index (κ2) is 8.39. The summed E-state index contributed by atoms with van der Waals surface area (Å²) in [7, 11) is 0. The maximum atomic E-state index is 12.6. The number of H-pyrrole nitrogens is 1. The molecule has 150 valence electrons. The average Bonchev–Trinajstić information content (AvgIpc) is 2.76. The van der Waals surface area contributed by atoms with E-state index in [1.54, 1.807) is 60.7 Å². The molecule has 0 radical (unpaired) electrons. The van der Waals surface area contributed by atoms with Crippen molar-refractivity contribution in [1.29, 1.82) is 0 Å². The first-order chi connectivity index (χ1) is 14.5. The number of halogens is 1. The zero-order chi connectivity index (χ0) is 21.1. The molecule has 2 N–H and O–H groups in total. The van der Waals surface area contributed by atoms with Crippen molar-refractivity contribution in [1.82, 2.24) is 14.9 Å².